The molecule has 0 spiro atoms. The highest BCUT2D eigenvalue weighted by molar-refractivity contribution is 6.05. The van der Waals surface area contributed by atoms with Gasteiger partial charge >= 0.3 is 6.18 Å². The van der Waals surface area contributed by atoms with E-state index in [-0.39, 0.29) is 16.7 Å². The van der Waals surface area contributed by atoms with Crippen molar-refractivity contribution in [1.82, 2.24) is 14.5 Å². The van der Waals surface area contributed by atoms with Crippen molar-refractivity contribution in [3.63, 3.8) is 0 Å². The van der Waals surface area contributed by atoms with Crippen LogP contribution in [0.5, 0.6) is 0 Å². The summed E-state index contributed by atoms with van der Waals surface area (Å²) in [7, 11) is 3.75. The highest BCUT2D eigenvalue weighted by Crippen LogP contribution is 2.40. The summed E-state index contributed by atoms with van der Waals surface area (Å²) >= 11 is 0. The molecule has 10 heteroatoms. The summed E-state index contributed by atoms with van der Waals surface area (Å²) < 4.78 is 44.2. The number of fused-ring (bicyclic) bond motifs is 1. The number of nitrogens with one attached hydrogen (secondary N) is 2. The number of imidazole rings is 1. The van der Waals surface area contributed by atoms with Gasteiger partial charge in [0.1, 0.15) is 11.9 Å². The lowest BCUT2D eigenvalue weighted by molar-refractivity contribution is -0.137. The van der Waals surface area contributed by atoms with Gasteiger partial charge in [0.25, 0.3) is 5.91 Å². The predicted molar refractivity (Wildman–Crippen MR) is 170 cm³/mol. The van der Waals surface area contributed by atoms with Crippen LogP contribution in [0, 0.1) is 11.3 Å². The van der Waals surface area contributed by atoms with Gasteiger partial charge in [0.15, 0.2) is 0 Å². The Labute approximate surface area is 256 Å². The van der Waals surface area contributed by atoms with Crippen molar-refractivity contribution < 1.29 is 18.0 Å². The lowest BCUT2D eigenvalue weighted by atomic mass is 9.97. The number of likely N-dealkylation sites (N-methyl/N-ethyl adjacent to an activating group) is 1. The number of amides is 1. The van der Waals surface area contributed by atoms with Crippen LogP contribution >= 0.6 is 0 Å². The maximum Gasteiger partial charge on any atom is 0.417 e. The van der Waals surface area contributed by atoms with E-state index in [9.17, 15) is 23.2 Å². The maximum atomic E-state index is 14.2. The van der Waals surface area contributed by atoms with Crippen molar-refractivity contribution in [1.29, 1.82) is 5.26 Å². The van der Waals surface area contributed by atoms with E-state index in [1.807, 2.05) is 20.0 Å². The molecule has 230 valence electrons. The number of anilines is 2. The van der Waals surface area contributed by atoms with E-state index in [0.717, 1.165) is 12.6 Å². The molecule has 1 heterocycles. The molecular formula is C34H37F3N6O. The number of alkyl halides is 3. The minimum absolute atomic E-state index is 0.0249. The molecule has 0 radical (unpaired) electrons. The first-order valence-corrected chi connectivity index (χ1v) is 14.4. The number of halogens is 3. The summed E-state index contributed by atoms with van der Waals surface area (Å²) in [5.74, 6) is 0.198. The van der Waals surface area contributed by atoms with Gasteiger partial charge in [-0.15, -0.1) is 0 Å². The Hall–Kier alpha value is -4.62. The summed E-state index contributed by atoms with van der Waals surface area (Å²) in [6.45, 7) is 9.61. The third-order valence-corrected chi connectivity index (χ3v) is 7.67. The zero-order valence-corrected chi connectivity index (χ0v) is 25.8. The number of benzene rings is 3. The highest BCUT2D eigenvalue weighted by atomic mass is 19.4. The van der Waals surface area contributed by atoms with Gasteiger partial charge in [-0.25, -0.2) is 4.98 Å². The molecule has 0 atom stereocenters. The molecule has 4 rings (SSSR count). The zero-order chi connectivity index (χ0) is 32.2. The van der Waals surface area contributed by atoms with Gasteiger partial charge in [-0.1, -0.05) is 31.2 Å². The Kier molecular flexibility index (Phi) is 9.50. The summed E-state index contributed by atoms with van der Waals surface area (Å²) in [4.78, 5) is 19.8. The third kappa shape index (κ3) is 7.29. The first-order chi connectivity index (χ1) is 20.7. The average molecular weight is 603 g/mol. The quantitative estimate of drug-likeness (QED) is 0.192. The number of aromatic nitrogens is 2. The van der Waals surface area contributed by atoms with E-state index in [2.05, 4.69) is 53.4 Å². The third-order valence-electron chi connectivity index (χ3n) is 7.67. The second-order valence-corrected chi connectivity index (χ2v) is 11.6. The summed E-state index contributed by atoms with van der Waals surface area (Å²) in [5, 5.41) is 15.7. The fraction of sp³-hybridized carbons (Fsp3) is 0.324. The second kappa shape index (κ2) is 12.9. The first kappa shape index (κ1) is 32.3. The number of hydrogen-bond donors (Lipinski definition) is 2. The average Bonchev–Trinajstić information content (AvgIpc) is 3.29. The summed E-state index contributed by atoms with van der Waals surface area (Å²) in [6.07, 6.45) is 0.0201. The molecular weight excluding hydrogens is 565 g/mol. The number of carbonyl (C=O) groups is 1. The van der Waals surface area contributed by atoms with Crippen molar-refractivity contribution in [3.8, 4) is 17.2 Å². The Balaban J connectivity index is 1.53. The van der Waals surface area contributed by atoms with Crippen LogP contribution in [0.4, 0.5) is 24.5 Å². The molecule has 7 nitrogen and oxygen atoms in total. The minimum Gasteiger partial charge on any atom is -0.381 e. The molecule has 3 aromatic carbocycles. The Morgan fingerprint density at radius 1 is 1.09 bits per heavy atom. The van der Waals surface area contributed by atoms with Crippen molar-refractivity contribution in [2.24, 2.45) is 7.05 Å². The topological polar surface area (TPSA) is 86.0 Å². The van der Waals surface area contributed by atoms with Gasteiger partial charge < -0.3 is 15.2 Å². The normalized spacial score (nSPS) is 12.2. The lowest BCUT2D eigenvalue weighted by Crippen LogP contribution is -2.38. The predicted octanol–water partition coefficient (Wildman–Crippen LogP) is 7.64. The molecule has 0 bridgehead atoms. The first-order valence-electron chi connectivity index (χ1n) is 14.4. The lowest BCUT2D eigenvalue weighted by Gasteiger charge is -2.30. The smallest absolute Gasteiger partial charge is 0.381 e. The van der Waals surface area contributed by atoms with Crippen LogP contribution in [0.3, 0.4) is 0 Å². The molecule has 44 heavy (non-hydrogen) atoms. The van der Waals surface area contributed by atoms with Gasteiger partial charge in [-0.3, -0.25) is 9.69 Å². The fourth-order valence-corrected chi connectivity index (χ4v) is 4.74. The molecule has 0 aliphatic carbocycles. The molecule has 0 saturated carbocycles. The van der Waals surface area contributed by atoms with E-state index in [4.69, 9.17) is 0 Å². The molecule has 2 N–H and O–H groups in total. The molecule has 0 fully saturated rings. The van der Waals surface area contributed by atoms with Crippen LogP contribution in [-0.4, -0.2) is 46.0 Å². The van der Waals surface area contributed by atoms with Crippen molar-refractivity contribution in [3.05, 3.63) is 89.3 Å². The van der Waals surface area contributed by atoms with Crippen molar-refractivity contribution >= 4 is 28.3 Å². The standard InChI is InChI=1S/C34H37F3N6O/c1-7-31-41-29-19-26(27(34(35,36)37)20-30(29)43(31)6)22-11-10-12-25(18-22)40-32(44)23-13-14-28(24(17-23)21-38)39-15-8-9-16-42(5)33(2,3)4/h8-14,17-20,39H,7,15-16H2,1-6H3,(H,40,44)/b9-8+. The number of rotatable bonds is 9. The molecule has 0 saturated heterocycles. The van der Waals surface area contributed by atoms with Crippen LogP contribution in [0.2, 0.25) is 0 Å². The Morgan fingerprint density at radius 2 is 1.84 bits per heavy atom. The second-order valence-electron chi connectivity index (χ2n) is 11.6. The van der Waals surface area contributed by atoms with Gasteiger partial charge in [0.05, 0.1) is 27.8 Å². The molecule has 1 amide bonds. The molecule has 1 aromatic heterocycles. The van der Waals surface area contributed by atoms with E-state index >= 15 is 0 Å². The number of nitrogens with zero attached hydrogens (tertiary/aromatic N) is 4. The van der Waals surface area contributed by atoms with Gasteiger partial charge in [-0.05, 0) is 81.4 Å². The van der Waals surface area contributed by atoms with Crippen LogP contribution in [0.1, 0.15) is 55.0 Å². The Morgan fingerprint density at radius 3 is 2.50 bits per heavy atom. The van der Waals surface area contributed by atoms with Crippen molar-refractivity contribution in [2.45, 2.75) is 45.8 Å². The van der Waals surface area contributed by atoms with Crippen LogP contribution in [0.25, 0.3) is 22.2 Å². The zero-order valence-electron chi connectivity index (χ0n) is 25.8. The molecule has 0 unspecified atom stereocenters. The molecule has 0 aliphatic heterocycles. The largest absolute Gasteiger partial charge is 0.417 e. The SMILES string of the molecule is CCc1nc2cc(-c3cccc(NC(=O)c4ccc(NC/C=C/CN(C)C(C)(C)C)c(C#N)c4)c3)c(C(F)(F)F)cc2n1C. The highest BCUT2D eigenvalue weighted by Gasteiger charge is 2.35. The summed E-state index contributed by atoms with van der Waals surface area (Å²) in [5.41, 5.74) is 1.87. The van der Waals surface area contributed by atoms with Crippen molar-refractivity contribution in [2.75, 3.05) is 30.8 Å². The summed E-state index contributed by atoms with van der Waals surface area (Å²) in [6, 6.07) is 15.7. The van der Waals surface area contributed by atoms with E-state index in [1.165, 1.54) is 18.2 Å². The monoisotopic (exact) mass is 602 g/mol. The molecule has 0 aliphatic rings. The number of carbonyl (C=O) groups excluding carboxylic acids is 1. The van der Waals surface area contributed by atoms with Crippen LogP contribution < -0.4 is 10.6 Å². The van der Waals surface area contributed by atoms with E-state index in [0.29, 0.717) is 52.3 Å². The fourth-order valence-electron chi connectivity index (χ4n) is 4.74. The molecule has 4 aromatic rings. The van der Waals surface area contributed by atoms with E-state index in [1.54, 1.807) is 41.9 Å². The van der Waals surface area contributed by atoms with Gasteiger partial charge in [0.2, 0.25) is 0 Å². The van der Waals surface area contributed by atoms with Crippen LogP contribution in [0.15, 0.2) is 66.7 Å². The maximum absolute atomic E-state index is 14.2. The minimum atomic E-state index is -4.60. The Bertz CT molecular complexity index is 1740. The van der Waals surface area contributed by atoms with E-state index < -0.39 is 17.6 Å². The number of nitriles is 1. The number of aryl methyl sites for hydroxylation is 2. The van der Waals surface area contributed by atoms with Gasteiger partial charge in [-0.2, -0.15) is 18.4 Å². The van der Waals surface area contributed by atoms with Crippen LogP contribution in [-0.2, 0) is 19.6 Å². The number of hydrogen-bond acceptors (Lipinski definition) is 5. The van der Waals surface area contributed by atoms with Gasteiger partial charge in [0, 0.05) is 43.3 Å².